The minimum atomic E-state index is -0.418. The van der Waals surface area contributed by atoms with Gasteiger partial charge in [-0.2, -0.15) is 0 Å². The Hall–Kier alpha value is -5.58. The fourth-order valence-electron chi connectivity index (χ4n) is 8.73. The first kappa shape index (κ1) is 33.6. The van der Waals surface area contributed by atoms with E-state index in [9.17, 15) is 0 Å². The minimum Gasteiger partial charge on any atom is -0.321 e. The van der Waals surface area contributed by atoms with E-state index < -0.39 is 5.82 Å². The first-order chi connectivity index (χ1) is 24.9. The van der Waals surface area contributed by atoms with Crippen LogP contribution in [0.15, 0.2) is 91.0 Å². The Bertz CT molecular complexity index is 2770. The lowest BCUT2D eigenvalue weighted by atomic mass is 9.75. The van der Waals surface area contributed by atoms with Crippen molar-refractivity contribution < 1.29 is 8.78 Å². The Labute approximate surface area is 304 Å². The SMILES string of the molecule is Cc1ccc(-c2c(F)cc3ccc4c(NN)c(F)c(-c5ccc(C)cc5C)c5c(-c6ccc(C)cc6C)c(-c6ccc(C)cc6C)c2c3c45)c(C)c1. The zero-order valence-electron chi connectivity index (χ0n) is 31.0. The van der Waals surface area contributed by atoms with Crippen molar-refractivity contribution in [1.29, 1.82) is 0 Å². The Morgan fingerprint density at radius 2 is 0.827 bits per heavy atom. The number of rotatable bonds is 5. The molecule has 0 aliphatic heterocycles. The number of hydrogen-bond donors (Lipinski definition) is 2. The van der Waals surface area contributed by atoms with Crippen LogP contribution in [0.3, 0.4) is 0 Å². The maximum Gasteiger partial charge on any atom is 0.156 e. The quantitative estimate of drug-likeness (QED) is 0.108. The number of nitrogens with one attached hydrogen (secondary N) is 1. The Balaban J connectivity index is 1.80. The monoisotopic (exact) mass is 684 g/mol. The third kappa shape index (κ3) is 5.00. The van der Waals surface area contributed by atoms with E-state index in [4.69, 9.17) is 5.84 Å². The Morgan fingerprint density at radius 3 is 1.25 bits per heavy atom. The van der Waals surface area contributed by atoms with Gasteiger partial charge in [-0.25, -0.2) is 8.78 Å². The molecule has 0 radical (unpaired) electrons. The maximum atomic E-state index is 17.6. The lowest BCUT2D eigenvalue weighted by Gasteiger charge is -2.28. The van der Waals surface area contributed by atoms with E-state index in [0.29, 0.717) is 16.5 Å². The standard InChI is InChI=1S/C48H42F2N2/c1-24-9-14-33(28(5)19-24)40-38(49)23-32-13-18-37-43-39(32)45(40)41(34-15-10-25(2)20-29(34)6)42(35-16-11-26(3)21-30(35)7)46(43)44(47(50)48(37)52-51)36-17-12-27(4)22-31(36)8/h9-23,52H,51H2,1-8H3. The average molecular weight is 685 g/mol. The van der Waals surface area contributed by atoms with Crippen molar-refractivity contribution in [2.24, 2.45) is 5.84 Å². The number of nitrogen functional groups attached to an aromatic ring is 1. The molecule has 2 nitrogen and oxygen atoms in total. The molecule has 0 aliphatic carbocycles. The normalized spacial score (nSPS) is 11.8. The van der Waals surface area contributed by atoms with Crippen LogP contribution in [0.5, 0.6) is 0 Å². The summed E-state index contributed by atoms with van der Waals surface area (Å²) in [4.78, 5) is 0. The van der Waals surface area contributed by atoms with E-state index in [1.54, 1.807) is 6.07 Å². The van der Waals surface area contributed by atoms with E-state index in [0.717, 1.165) is 105 Å². The molecule has 0 aliphatic rings. The highest BCUT2D eigenvalue weighted by atomic mass is 19.1. The van der Waals surface area contributed by atoms with Crippen LogP contribution in [0.4, 0.5) is 14.5 Å². The lowest BCUT2D eigenvalue weighted by molar-refractivity contribution is 0.634. The topological polar surface area (TPSA) is 38.0 Å². The smallest absolute Gasteiger partial charge is 0.156 e. The molecule has 0 atom stereocenters. The summed E-state index contributed by atoms with van der Waals surface area (Å²) in [7, 11) is 0. The summed E-state index contributed by atoms with van der Waals surface area (Å²) in [6.07, 6.45) is 0. The van der Waals surface area contributed by atoms with Gasteiger partial charge in [0.2, 0.25) is 0 Å². The number of hydrogen-bond acceptors (Lipinski definition) is 2. The minimum absolute atomic E-state index is 0.217. The van der Waals surface area contributed by atoms with Gasteiger partial charge in [-0.15, -0.1) is 0 Å². The van der Waals surface area contributed by atoms with Crippen molar-refractivity contribution in [2.45, 2.75) is 55.4 Å². The summed E-state index contributed by atoms with van der Waals surface area (Å²) in [5.41, 5.74) is 17.9. The largest absolute Gasteiger partial charge is 0.321 e. The molecule has 0 bridgehead atoms. The predicted molar refractivity (Wildman–Crippen MR) is 218 cm³/mol. The molecule has 0 heterocycles. The van der Waals surface area contributed by atoms with Gasteiger partial charge in [-0.05, 0) is 128 Å². The number of nitrogens with two attached hydrogens (primary N) is 1. The molecule has 8 aromatic carbocycles. The second kappa shape index (κ2) is 12.3. The molecular weight excluding hydrogens is 643 g/mol. The molecule has 0 amide bonds. The lowest BCUT2D eigenvalue weighted by Crippen LogP contribution is -2.11. The van der Waals surface area contributed by atoms with Crippen LogP contribution in [-0.2, 0) is 0 Å². The highest BCUT2D eigenvalue weighted by molar-refractivity contribution is 6.37. The first-order valence-electron chi connectivity index (χ1n) is 17.9. The van der Waals surface area contributed by atoms with Gasteiger partial charge >= 0.3 is 0 Å². The van der Waals surface area contributed by atoms with Gasteiger partial charge in [0.15, 0.2) is 5.82 Å². The Kier molecular flexibility index (Phi) is 7.93. The summed E-state index contributed by atoms with van der Waals surface area (Å²) in [6, 6.07) is 30.7. The zero-order chi connectivity index (χ0) is 36.7. The molecule has 0 unspecified atom stereocenters. The van der Waals surface area contributed by atoms with Crippen molar-refractivity contribution in [3.8, 4) is 44.5 Å². The zero-order valence-corrected chi connectivity index (χ0v) is 31.0. The van der Waals surface area contributed by atoms with E-state index in [-0.39, 0.29) is 11.5 Å². The predicted octanol–water partition coefficient (Wildman–Crippen LogP) is 13.3. The van der Waals surface area contributed by atoms with E-state index in [1.807, 2.05) is 57.2 Å². The maximum absolute atomic E-state index is 17.6. The van der Waals surface area contributed by atoms with Gasteiger partial charge in [0.1, 0.15) is 5.82 Å². The van der Waals surface area contributed by atoms with Crippen LogP contribution < -0.4 is 11.3 Å². The molecule has 8 rings (SSSR count). The summed E-state index contributed by atoms with van der Waals surface area (Å²) < 4.78 is 34.8. The van der Waals surface area contributed by atoms with Crippen molar-refractivity contribution in [1.82, 2.24) is 0 Å². The summed E-state index contributed by atoms with van der Waals surface area (Å²) >= 11 is 0. The molecule has 0 saturated heterocycles. The number of aryl methyl sites for hydroxylation is 8. The van der Waals surface area contributed by atoms with Gasteiger partial charge in [0.05, 0.1) is 5.69 Å². The van der Waals surface area contributed by atoms with Gasteiger partial charge in [0.25, 0.3) is 0 Å². The van der Waals surface area contributed by atoms with Crippen molar-refractivity contribution in [2.75, 3.05) is 5.43 Å². The number of benzene rings is 8. The van der Waals surface area contributed by atoms with Gasteiger partial charge < -0.3 is 5.43 Å². The fraction of sp³-hybridized carbons (Fsp3) is 0.167. The summed E-state index contributed by atoms with van der Waals surface area (Å²) in [5, 5.41) is 4.73. The second-order valence-electron chi connectivity index (χ2n) is 14.8. The Morgan fingerprint density at radius 1 is 0.423 bits per heavy atom. The molecule has 0 spiro atoms. The van der Waals surface area contributed by atoms with Crippen LogP contribution in [0.2, 0.25) is 0 Å². The number of halogens is 2. The summed E-state index contributed by atoms with van der Waals surface area (Å²) in [6.45, 7) is 16.6. The number of hydrazine groups is 1. The van der Waals surface area contributed by atoms with Gasteiger partial charge in [-0.3, -0.25) is 5.84 Å². The number of anilines is 1. The van der Waals surface area contributed by atoms with Crippen molar-refractivity contribution >= 4 is 38.0 Å². The molecule has 4 heteroatoms. The molecule has 0 aromatic heterocycles. The molecule has 8 aromatic rings. The second-order valence-corrected chi connectivity index (χ2v) is 14.8. The van der Waals surface area contributed by atoms with Crippen LogP contribution >= 0.6 is 0 Å². The molecule has 258 valence electrons. The fourth-order valence-corrected chi connectivity index (χ4v) is 8.73. The molecular formula is C48H42F2N2. The van der Waals surface area contributed by atoms with E-state index >= 15 is 8.78 Å². The third-order valence-corrected chi connectivity index (χ3v) is 11.0. The van der Waals surface area contributed by atoms with Gasteiger partial charge in [-0.1, -0.05) is 107 Å². The highest BCUT2D eigenvalue weighted by Crippen LogP contribution is 2.56. The molecule has 3 N–H and O–H groups in total. The van der Waals surface area contributed by atoms with Crippen molar-refractivity contribution in [3.63, 3.8) is 0 Å². The van der Waals surface area contributed by atoms with Gasteiger partial charge in [0, 0.05) is 32.7 Å². The molecule has 0 saturated carbocycles. The first-order valence-corrected chi connectivity index (χ1v) is 17.9. The molecule has 52 heavy (non-hydrogen) atoms. The summed E-state index contributed by atoms with van der Waals surface area (Å²) in [5.74, 6) is 5.52. The van der Waals surface area contributed by atoms with Crippen LogP contribution in [0.1, 0.15) is 44.5 Å². The third-order valence-electron chi connectivity index (χ3n) is 11.0. The van der Waals surface area contributed by atoms with Crippen LogP contribution in [0, 0.1) is 67.0 Å². The molecule has 0 fully saturated rings. The highest BCUT2D eigenvalue weighted by Gasteiger charge is 2.31. The van der Waals surface area contributed by atoms with Crippen LogP contribution in [0.25, 0.3) is 76.8 Å². The van der Waals surface area contributed by atoms with Crippen LogP contribution in [-0.4, -0.2) is 0 Å². The van der Waals surface area contributed by atoms with Crippen molar-refractivity contribution in [3.05, 3.63) is 147 Å². The van der Waals surface area contributed by atoms with E-state index in [2.05, 4.69) is 88.6 Å². The average Bonchev–Trinajstić information content (AvgIpc) is 3.08. The van der Waals surface area contributed by atoms with E-state index in [1.165, 1.54) is 0 Å².